The smallest absolute Gasteiger partial charge is 0.170 e. The standard InChI is InChI=1S/C7H8N2S/c10-6-8-7(9-6)4-2-1-3-5-7/h1-4H,5H2,(H2,8,9,10). The average Bonchev–Trinajstić information content (AvgIpc) is 1.87. The van der Waals surface area contributed by atoms with Gasteiger partial charge in [0, 0.05) is 6.42 Å². The largest absolute Gasteiger partial charge is 0.336 e. The summed E-state index contributed by atoms with van der Waals surface area (Å²) in [5.74, 6) is 0. The van der Waals surface area contributed by atoms with E-state index in [0.717, 1.165) is 11.5 Å². The lowest BCUT2D eigenvalue weighted by atomic mass is 9.98. The van der Waals surface area contributed by atoms with Crippen molar-refractivity contribution in [1.82, 2.24) is 10.6 Å². The summed E-state index contributed by atoms with van der Waals surface area (Å²) in [6, 6.07) is 0. The molecule has 0 radical (unpaired) electrons. The van der Waals surface area contributed by atoms with Crippen molar-refractivity contribution in [2.75, 3.05) is 0 Å². The molecule has 0 unspecified atom stereocenters. The zero-order chi connectivity index (χ0) is 7.03. The third kappa shape index (κ3) is 0.743. The molecule has 0 saturated carbocycles. The van der Waals surface area contributed by atoms with Gasteiger partial charge in [-0.25, -0.2) is 0 Å². The van der Waals surface area contributed by atoms with Gasteiger partial charge in [-0.3, -0.25) is 0 Å². The third-order valence-corrected chi connectivity index (χ3v) is 1.95. The Morgan fingerprint density at radius 1 is 1.40 bits per heavy atom. The molecule has 52 valence electrons. The molecule has 1 fully saturated rings. The summed E-state index contributed by atoms with van der Waals surface area (Å²) in [6.07, 6.45) is 9.23. The zero-order valence-electron chi connectivity index (χ0n) is 5.42. The van der Waals surface area contributed by atoms with Gasteiger partial charge in [-0.2, -0.15) is 0 Å². The average molecular weight is 152 g/mol. The summed E-state index contributed by atoms with van der Waals surface area (Å²) in [6.45, 7) is 0. The molecule has 2 N–H and O–H groups in total. The molecular formula is C7H8N2S. The molecule has 1 aliphatic carbocycles. The first kappa shape index (κ1) is 5.92. The molecule has 1 aliphatic heterocycles. The van der Waals surface area contributed by atoms with Crippen LogP contribution in [0.3, 0.4) is 0 Å². The van der Waals surface area contributed by atoms with Crippen LogP contribution < -0.4 is 10.6 Å². The fourth-order valence-corrected chi connectivity index (χ4v) is 1.58. The minimum absolute atomic E-state index is 0.0359. The van der Waals surface area contributed by atoms with Crippen molar-refractivity contribution in [3.63, 3.8) is 0 Å². The number of allylic oxidation sites excluding steroid dienone is 2. The van der Waals surface area contributed by atoms with Gasteiger partial charge < -0.3 is 10.6 Å². The molecule has 10 heavy (non-hydrogen) atoms. The number of hydrogen-bond donors (Lipinski definition) is 2. The fourth-order valence-electron chi connectivity index (χ4n) is 1.21. The Kier molecular flexibility index (Phi) is 1.08. The highest BCUT2D eigenvalue weighted by molar-refractivity contribution is 7.80. The minimum Gasteiger partial charge on any atom is -0.336 e. The quantitative estimate of drug-likeness (QED) is 0.499. The Hall–Kier alpha value is -0.830. The van der Waals surface area contributed by atoms with Crippen LogP contribution in [0.15, 0.2) is 24.3 Å². The molecule has 1 saturated heterocycles. The monoisotopic (exact) mass is 152 g/mol. The van der Waals surface area contributed by atoms with Crippen LogP contribution in [0.2, 0.25) is 0 Å². The van der Waals surface area contributed by atoms with Crippen LogP contribution in [0.1, 0.15) is 6.42 Å². The summed E-state index contributed by atoms with van der Waals surface area (Å²) < 4.78 is 0. The van der Waals surface area contributed by atoms with Crippen LogP contribution in [-0.2, 0) is 0 Å². The van der Waals surface area contributed by atoms with Crippen molar-refractivity contribution in [1.29, 1.82) is 0 Å². The van der Waals surface area contributed by atoms with E-state index in [4.69, 9.17) is 12.2 Å². The van der Waals surface area contributed by atoms with Crippen LogP contribution in [0.25, 0.3) is 0 Å². The molecule has 0 atom stereocenters. The Labute approximate surface area is 65.0 Å². The first-order valence-corrected chi connectivity index (χ1v) is 3.66. The highest BCUT2D eigenvalue weighted by Gasteiger charge is 2.36. The Morgan fingerprint density at radius 2 is 2.20 bits per heavy atom. The van der Waals surface area contributed by atoms with Crippen molar-refractivity contribution in [2.24, 2.45) is 0 Å². The molecule has 1 spiro atoms. The van der Waals surface area contributed by atoms with Gasteiger partial charge in [-0.1, -0.05) is 18.2 Å². The van der Waals surface area contributed by atoms with Crippen molar-refractivity contribution < 1.29 is 0 Å². The summed E-state index contributed by atoms with van der Waals surface area (Å²) in [7, 11) is 0. The van der Waals surface area contributed by atoms with Crippen LogP contribution in [0.5, 0.6) is 0 Å². The Morgan fingerprint density at radius 3 is 2.70 bits per heavy atom. The predicted octanol–water partition coefficient (Wildman–Crippen LogP) is 0.676. The maximum Gasteiger partial charge on any atom is 0.170 e. The maximum absolute atomic E-state index is 4.86. The van der Waals surface area contributed by atoms with Crippen LogP contribution in [0.4, 0.5) is 0 Å². The van der Waals surface area contributed by atoms with E-state index in [0.29, 0.717) is 0 Å². The number of rotatable bonds is 0. The Bertz CT molecular complexity index is 216. The molecule has 0 aromatic carbocycles. The second-order valence-electron chi connectivity index (χ2n) is 2.54. The van der Waals surface area contributed by atoms with E-state index in [-0.39, 0.29) is 5.66 Å². The van der Waals surface area contributed by atoms with Crippen LogP contribution in [0, 0.1) is 0 Å². The molecular weight excluding hydrogens is 144 g/mol. The number of hydrogen-bond acceptors (Lipinski definition) is 1. The van der Waals surface area contributed by atoms with Gasteiger partial charge in [0.1, 0.15) is 5.66 Å². The van der Waals surface area contributed by atoms with E-state index in [2.05, 4.69) is 22.8 Å². The number of nitrogens with one attached hydrogen (secondary N) is 2. The van der Waals surface area contributed by atoms with Gasteiger partial charge in [0.25, 0.3) is 0 Å². The van der Waals surface area contributed by atoms with Gasteiger partial charge in [0.05, 0.1) is 0 Å². The van der Waals surface area contributed by atoms with Gasteiger partial charge in [0.2, 0.25) is 0 Å². The Balaban J connectivity index is 2.13. The predicted molar refractivity (Wildman–Crippen MR) is 44.5 cm³/mol. The molecule has 2 aliphatic rings. The topological polar surface area (TPSA) is 24.1 Å². The van der Waals surface area contributed by atoms with Crippen LogP contribution >= 0.6 is 12.2 Å². The van der Waals surface area contributed by atoms with E-state index in [1.165, 1.54) is 0 Å². The molecule has 0 bridgehead atoms. The van der Waals surface area contributed by atoms with Crippen molar-refractivity contribution in [2.45, 2.75) is 12.1 Å². The van der Waals surface area contributed by atoms with E-state index >= 15 is 0 Å². The SMILES string of the molecule is S=C1NC2(C=CC=CC2)N1. The van der Waals surface area contributed by atoms with E-state index < -0.39 is 0 Å². The molecule has 0 amide bonds. The maximum atomic E-state index is 4.86. The minimum atomic E-state index is -0.0359. The second kappa shape index (κ2) is 1.83. The first-order valence-electron chi connectivity index (χ1n) is 3.25. The van der Waals surface area contributed by atoms with E-state index in [9.17, 15) is 0 Å². The van der Waals surface area contributed by atoms with Crippen LogP contribution in [-0.4, -0.2) is 10.8 Å². The summed E-state index contributed by atoms with van der Waals surface area (Å²) in [4.78, 5) is 0. The first-order chi connectivity index (χ1) is 4.81. The molecule has 0 aromatic heterocycles. The molecule has 2 rings (SSSR count). The summed E-state index contributed by atoms with van der Waals surface area (Å²) in [5.41, 5.74) is -0.0359. The molecule has 1 heterocycles. The summed E-state index contributed by atoms with van der Waals surface area (Å²) >= 11 is 4.86. The molecule has 0 aromatic rings. The fraction of sp³-hybridized carbons (Fsp3) is 0.286. The highest BCUT2D eigenvalue weighted by Crippen LogP contribution is 2.19. The molecule has 2 nitrogen and oxygen atoms in total. The number of thiocarbonyl (C=S) groups is 1. The summed E-state index contributed by atoms with van der Waals surface area (Å²) in [5, 5.41) is 7.03. The normalized spacial score (nSPS) is 25.4. The van der Waals surface area contributed by atoms with Gasteiger partial charge in [-0.05, 0) is 18.3 Å². The van der Waals surface area contributed by atoms with Crippen molar-refractivity contribution in [3.8, 4) is 0 Å². The van der Waals surface area contributed by atoms with Gasteiger partial charge in [-0.15, -0.1) is 0 Å². The second-order valence-corrected chi connectivity index (χ2v) is 2.95. The highest BCUT2D eigenvalue weighted by atomic mass is 32.1. The zero-order valence-corrected chi connectivity index (χ0v) is 6.24. The lowest BCUT2D eigenvalue weighted by Gasteiger charge is -2.44. The lowest BCUT2D eigenvalue weighted by molar-refractivity contribution is 0.370. The van der Waals surface area contributed by atoms with E-state index in [1.54, 1.807) is 0 Å². The van der Waals surface area contributed by atoms with Gasteiger partial charge in [0.15, 0.2) is 5.11 Å². The molecule has 3 heteroatoms. The third-order valence-electron chi connectivity index (χ3n) is 1.74. The van der Waals surface area contributed by atoms with Crippen molar-refractivity contribution >= 4 is 17.3 Å². The van der Waals surface area contributed by atoms with Crippen molar-refractivity contribution in [3.05, 3.63) is 24.3 Å². The lowest BCUT2D eigenvalue weighted by Crippen LogP contribution is -2.73. The van der Waals surface area contributed by atoms with Gasteiger partial charge >= 0.3 is 0 Å². The van der Waals surface area contributed by atoms with E-state index in [1.807, 2.05) is 12.2 Å².